The number of benzene rings is 2. The molecule has 0 radical (unpaired) electrons. The smallest absolute Gasteiger partial charge is 0.311 e. The normalized spacial score (nSPS) is 25.7. The van der Waals surface area contributed by atoms with Gasteiger partial charge in [0.15, 0.2) is 0 Å². The predicted molar refractivity (Wildman–Crippen MR) is 97.1 cm³/mol. The average molecular weight is 353 g/mol. The molecule has 0 amide bonds. The Balaban J connectivity index is 2.15. The van der Waals surface area contributed by atoms with Crippen LogP contribution in [0.5, 0.6) is 0 Å². The molecule has 1 heterocycles. The molecular formula is C21H23NO4. The van der Waals surface area contributed by atoms with Crippen molar-refractivity contribution in [3.63, 3.8) is 0 Å². The number of hydrogen-bond donors (Lipinski definition) is 0. The highest BCUT2D eigenvalue weighted by molar-refractivity contribution is 5.84. The molecule has 3 rings (SSSR count). The number of rotatable bonds is 4. The third-order valence-electron chi connectivity index (χ3n) is 5.17. The number of carbonyl (C=O) groups is 2. The molecule has 1 aliphatic heterocycles. The Morgan fingerprint density at radius 3 is 1.38 bits per heavy atom. The molecule has 4 atom stereocenters. The summed E-state index contributed by atoms with van der Waals surface area (Å²) < 4.78 is 10.1. The van der Waals surface area contributed by atoms with Crippen molar-refractivity contribution in [3.05, 3.63) is 71.8 Å². The molecule has 5 nitrogen and oxygen atoms in total. The molecule has 0 aliphatic carbocycles. The largest absolute Gasteiger partial charge is 0.469 e. The van der Waals surface area contributed by atoms with E-state index in [0.717, 1.165) is 11.1 Å². The van der Waals surface area contributed by atoms with Gasteiger partial charge in [-0.05, 0) is 18.2 Å². The third kappa shape index (κ3) is 3.10. The Hall–Kier alpha value is -2.66. The van der Waals surface area contributed by atoms with Gasteiger partial charge in [-0.1, -0.05) is 60.7 Å². The van der Waals surface area contributed by atoms with E-state index in [1.165, 1.54) is 14.2 Å². The first kappa shape index (κ1) is 18.1. The Kier molecular flexibility index (Phi) is 5.38. The Labute approximate surface area is 153 Å². The molecule has 0 spiro atoms. The van der Waals surface area contributed by atoms with Crippen molar-refractivity contribution < 1.29 is 19.1 Å². The summed E-state index contributed by atoms with van der Waals surface area (Å²) in [6.45, 7) is 0. The standard InChI is InChI=1S/C21H23NO4/c1-22-18(14-10-6-4-7-11-14)16(20(23)25-2)17(21(24)26-3)19(22)15-12-8-5-9-13-15/h4-13,16-19H,1-3H3/t16-,17-,18-,19-/m1/s1. The fourth-order valence-corrected chi connectivity index (χ4v) is 4.08. The van der Waals surface area contributed by atoms with E-state index in [1.54, 1.807) is 0 Å². The number of nitrogens with zero attached hydrogens (tertiary/aromatic N) is 1. The summed E-state index contributed by atoms with van der Waals surface area (Å²) in [7, 11) is 4.65. The van der Waals surface area contributed by atoms with Gasteiger partial charge in [0.25, 0.3) is 0 Å². The van der Waals surface area contributed by atoms with Crippen LogP contribution in [0.4, 0.5) is 0 Å². The Morgan fingerprint density at radius 2 is 1.08 bits per heavy atom. The molecule has 2 aromatic rings. The van der Waals surface area contributed by atoms with Crippen molar-refractivity contribution in [1.29, 1.82) is 0 Å². The summed E-state index contributed by atoms with van der Waals surface area (Å²) in [4.78, 5) is 27.5. The molecule has 1 aliphatic rings. The van der Waals surface area contributed by atoms with Crippen LogP contribution < -0.4 is 0 Å². The van der Waals surface area contributed by atoms with Gasteiger partial charge in [-0.25, -0.2) is 0 Å². The lowest BCUT2D eigenvalue weighted by Crippen LogP contribution is -2.32. The van der Waals surface area contributed by atoms with Gasteiger partial charge in [-0.2, -0.15) is 0 Å². The summed E-state index contributed by atoms with van der Waals surface area (Å²) >= 11 is 0. The van der Waals surface area contributed by atoms with Crippen LogP contribution in [0.2, 0.25) is 0 Å². The zero-order valence-corrected chi connectivity index (χ0v) is 15.2. The topological polar surface area (TPSA) is 55.8 Å². The second kappa shape index (κ2) is 7.70. The molecule has 26 heavy (non-hydrogen) atoms. The van der Waals surface area contributed by atoms with Crippen LogP contribution in [0.1, 0.15) is 23.2 Å². The second-order valence-corrected chi connectivity index (χ2v) is 6.47. The Bertz CT molecular complexity index is 697. The molecule has 2 aromatic carbocycles. The van der Waals surface area contributed by atoms with Gasteiger partial charge in [0, 0.05) is 12.1 Å². The van der Waals surface area contributed by atoms with E-state index >= 15 is 0 Å². The summed E-state index contributed by atoms with van der Waals surface area (Å²) in [5, 5.41) is 0. The summed E-state index contributed by atoms with van der Waals surface area (Å²) in [5.74, 6) is -2.10. The predicted octanol–water partition coefficient (Wildman–Crippen LogP) is 2.99. The van der Waals surface area contributed by atoms with Gasteiger partial charge >= 0.3 is 11.9 Å². The van der Waals surface area contributed by atoms with Crippen molar-refractivity contribution in [2.75, 3.05) is 21.3 Å². The lowest BCUT2D eigenvalue weighted by Gasteiger charge is -2.27. The molecule has 0 saturated carbocycles. The quantitative estimate of drug-likeness (QED) is 0.791. The number of ether oxygens (including phenoxy) is 2. The minimum Gasteiger partial charge on any atom is -0.469 e. The van der Waals surface area contributed by atoms with Crippen LogP contribution in [0, 0.1) is 11.8 Å². The van der Waals surface area contributed by atoms with E-state index < -0.39 is 23.8 Å². The van der Waals surface area contributed by atoms with Gasteiger partial charge in [0.1, 0.15) is 0 Å². The summed E-state index contributed by atoms with van der Waals surface area (Å²) in [6.07, 6.45) is 0. The van der Waals surface area contributed by atoms with Crippen molar-refractivity contribution in [2.45, 2.75) is 12.1 Å². The van der Waals surface area contributed by atoms with Crippen LogP contribution in [-0.2, 0) is 19.1 Å². The molecule has 1 fully saturated rings. The zero-order chi connectivity index (χ0) is 18.7. The molecule has 1 saturated heterocycles. The van der Waals surface area contributed by atoms with Crippen molar-refractivity contribution in [3.8, 4) is 0 Å². The third-order valence-corrected chi connectivity index (χ3v) is 5.17. The highest BCUT2D eigenvalue weighted by Gasteiger charge is 2.55. The average Bonchev–Trinajstić information content (AvgIpc) is 3.01. The van der Waals surface area contributed by atoms with E-state index in [2.05, 4.69) is 4.90 Å². The van der Waals surface area contributed by atoms with Crippen LogP contribution in [0.3, 0.4) is 0 Å². The fraction of sp³-hybridized carbons (Fsp3) is 0.333. The molecule has 5 heteroatoms. The molecule has 0 unspecified atom stereocenters. The number of esters is 2. The number of carbonyl (C=O) groups excluding carboxylic acids is 2. The van der Waals surface area contributed by atoms with E-state index in [-0.39, 0.29) is 12.1 Å². The highest BCUT2D eigenvalue weighted by Crippen LogP contribution is 2.51. The van der Waals surface area contributed by atoms with E-state index in [1.807, 2.05) is 67.7 Å². The number of hydrogen-bond acceptors (Lipinski definition) is 5. The maximum absolute atomic E-state index is 12.7. The molecular weight excluding hydrogens is 330 g/mol. The van der Waals surface area contributed by atoms with Crippen molar-refractivity contribution in [1.82, 2.24) is 4.90 Å². The van der Waals surface area contributed by atoms with Crippen LogP contribution in [-0.4, -0.2) is 38.1 Å². The van der Waals surface area contributed by atoms with Gasteiger partial charge in [-0.15, -0.1) is 0 Å². The fourth-order valence-electron chi connectivity index (χ4n) is 4.08. The van der Waals surface area contributed by atoms with Gasteiger partial charge in [0.05, 0.1) is 26.1 Å². The maximum Gasteiger partial charge on any atom is 0.311 e. The van der Waals surface area contributed by atoms with Crippen LogP contribution in [0.15, 0.2) is 60.7 Å². The lowest BCUT2D eigenvalue weighted by atomic mass is 9.82. The van der Waals surface area contributed by atoms with Gasteiger partial charge < -0.3 is 9.47 Å². The number of likely N-dealkylation sites (tertiary alicyclic amines) is 1. The maximum atomic E-state index is 12.7. The SMILES string of the molecule is COC(=O)[C@@H]1[C@@H](C(=O)OC)[C@@H](c2ccccc2)N(C)[C@@H]1c1ccccc1. The first-order valence-electron chi connectivity index (χ1n) is 8.57. The molecule has 0 N–H and O–H groups in total. The Morgan fingerprint density at radius 1 is 0.731 bits per heavy atom. The summed E-state index contributed by atoms with van der Waals surface area (Å²) in [5.41, 5.74) is 1.94. The second-order valence-electron chi connectivity index (χ2n) is 6.47. The van der Waals surface area contributed by atoms with Crippen LogP contribution in [0.25, 0.3) is 0 Å². The van der Waals surface area contributed by atoms with Gasteiger partial charge in [0.2, 0.25) is 0 Å². The first-order chi connectivity index (χ1) is 12.6. The first-order valence-corrected chi connectivity index (χ1v) is 8.57. The van der Waals surface area contributed by atoms with E-state index in [0.29, 0.717) is 0 Å². The van der Waals surface area contributed by atoms with Crippen LogP contribution >= 0.6 is 0 Å². The minimum atomic E-state index is -0.648. The van der Waals surface area contributed by atoms with E-state index in [9.17, 15) is 9.59 Å². The molecule has 0 bridgehead atoms. The van der Waals surface area contributed by atoms with Gasteiger partial charge in [-0.3, -0.25) is 14.5 Å². The minimum absolute atomic E-state index is 0.280. The molecule has 136 valence electrons. The number of methoxy groups -OCH3 is 2. The highest BCUT2D eigenvalue weighted by atomic mass is 16.5. The van der Waals surface area contributed by atoms with Crippen molar-refractivity contribution in [2.24, 2.45) is 11.8 Å². The van der Waals surface area contributed by atoms with Crippen molar-refractivity contribution >= 4 is 11.9 Å². The summed E-state index contributed by atoms with van der Waals surface area (Å²) in [6, 6.07) is 18.9. The monoisotopic (exact) mass is 353 g/mol. The lowest BCUT2D eigenvalue weighted by molar-refractivity contribution is -0.157. The zero-order valence-electron chi connectivity index (χ0n) is 15.2. The van der Waals surface area contributed by atoms with E-state index in [4.69, 9.17) is 9.47 Å². The molecule has 0 aromatic heterocycles.